The first-order valence-corrected chi connectivity index (χ1v) is 3.45. The van der Waals surface area contributed by atoms with E-state index in [4.69, 9.17) is 0 Å². The number of carboxylic acid groups (broad SMARTS) is 4. The molecule has 0 saturated carbocycles. The molecule has 0 fully saturated rings. The minimum atomic E-state index is -1.55. The van der Waals surface area contributed by atoms with Crippen molar-refractivity contribution in [3.63, 3.8) is 0 Å². The van der Waals surface area contributed by atoms with E-state index < -0.39 is 23.9 Å². The van der Waals surface area contributed by atoms with E-state index in [-0.39, 0.29) is 48.9 Å². The molecule has 0 N–H and O–H groups in total. The second-order valence-corrected chi connectivity index (χ2v) is 1.94. The summed E-state index contributed by atoms with van der Waals surface area (Å²) in [6.07, 6.45) is 1.54. The monoisotopic (exact) mass is 366 g/mol. The fourth-order valence-electron chi connectivity index (χ4n) is 0.272. The van der Waals surface area contributed by atoms with E-state index in [2.05, 4.69) is 0 Å². The van der Waals surface area contributed by atoms with Crippen LogP contribution in [0, 0.1) is 0 Å². The van der Waals surface area contributed by atoms with E-state index in [1.54, 1.807) is 0 Å². The number of aliphatic carboxylic acids is 4. The molecule has 0 saturated heterocycles. The molecule has 0 atom stereocenters. The van der Waals surface area contributed by atoms with Crippen LogP contribution < -0.4 is 20.4 Å². The fraction of sp³-hybridized carbons (Fsp3) is 0. The van der Waals surface area contributed by atoms with E-state index in [1.807, 2.05) is 0 Å². The third-order valence-electron chi connectivity index (χ3n) is 0.711. The number of hydrogen-bond acceptors (Lipinski definition) is 8. The Morgan fingerprint density at radius 3 is 0.706 bits per heavy atom. The molecule has 0 rings (SSSR count). The van der Waals surface area contributed by atoms with Gasteiger partial charge in [-0.3, -0.25) is 0 Å². The number of hydrogen-bond donors (Lipinski definition) is 0. The summed E-state index contributed by atoms with van der Waals surface area (Å²) in [4.78, 5) is 37.7. The maximum atomic E-state index is 9.41. The van der Waals surface area contributed by atoms with Crippen LogP contribution in [-0.2, 0) is 19.2 Å². The van der Waals surface area contributed by atoms with Gasteiger partial charge in [-0.25, -0.2) is 0 Å². The Labute approximate surface area is 135 Å². The molecular formula is C8H4BaO8-4. The summed E-state index contributed by atoms with van der Waals surface area (Å²) in [6, 6.07) is 0. The van der Waals surface area contributed by atoms with Gasteiger partial charge in [0.05, 0.1) is 23.9 Å². The summed E-state index contributed by atoms with van der Waals surface area (Å²) in [6.45, 7) is 0. The van der Waals surface area contributed by atoms with Gasteiger partial charge >= 0.3 is 0 Å². The normalized spacial score (nSPS) is 8.94. The van der Waals surface area contributed by atoms with Gasteiger partial charge in [0.25, 0.3) is 0 Å². The maximum Gasteiger partial charge on any atom is 0.0643 e. The molecule has 0 aromatic rings. The zero-order valence-corrected chi connectivity index (χ0v) is 12.7. The molecule has 0 aromatic carbocycles. The molecule has 90 valence electrons. The fourth-order valence-corrected chi connectivity index (χ4v) is 0.272. The van der Waals surface area contributed by atoms with Crippen LogP contribution in [0.25, 0.3) is 0 Å². The first-order chi connectivity index (χ1) is 7.25. The van der Waals surface area contributed by atoms with Gasteiger partial charge in [-0.2, -0.15) is 0 Å². The van der Waals surface area contributed by atoms with Crippen LogP contribution in [0.2, 0.25) is 0 Å². The van der Waals surface area contributed by atoms with Crippen molar-refractivity contribution in [2.24, 2.45) is 0 Å². The van der Waals surface area contributed by atoms with Crippen LogP contribution in [0.5, 0.6) is 0 Å². The SMILES string of the molecule is O=C([O-])/C=C\C(=O)[O-].O=C([O-])/C=C\C(=O)[O-].[Ba]. The first-order valence-electron chi connectivity index (χ1n) is 3.45. The molecular weight excluding hydrogens is 361 g/mol. The van der Waals surface area contributed by atoms with Gasteiger partial charge in [-0.15, -0.1) is 0 Å². The summed E-state index contributed by atoms with van der Waals surface area (Å²) in [5.41, 5.74) is 0. The first kappa shape index (κ1) is 21.2. The molecule has 0 unspecified atom stereocenters. The second kappa shape index (κ2) is 13.0. The molecule has 0 aromatic heterocycles. The molecule has 0 bridgehead atoms. The van der Waals surface area contributed by atoms with Gasteiger partial charge in [-0.1, -0.05) is 0 Å². The Morgan fingerprint density at radius 1 is 0.529 bits per heavy atom. The van der Waals surface area contributed by atoms with Crippen molar-refractivity contribution >= 4 is 72.8 Å². The Kier molecular flexibility index (Phi) is 16.2. The molecule has 0 spiro atoms. The third-order valence-corrected chi connectivity index (χ3v) is 0.711. The molecule has 8 nitrogen and oxygen atoms in total. The summed E-state index contributed by atoms with van der Waals surface area (Å²) in [5, 5.41) is 37.7. The molecule has 2 radical (unpaired) electrons. The Bertz CT molecular complexity index is 277. The van der Waals surface area contributed by atoms with E-state index in [1.165, 1.54) is 0 Å². The maximum absolute atomic E-state index is 9.41. The second-order valence-electron chi connectivity index (χ2n) is 1.94. The molecule has 9 heteroatoms. The number of carboxylic acids is 4. The third kappa shape index (κ3) is 31.3. The van der Waals surface area contributed by atoms with Crippen LogP contribution in [0.4, 0.5) is 0 Å². The number of carbonyl (C=O) groups excluding carboxylic acids is 4. The van der Waals surface area contributed by atoms with Crippen molar-refractivity contribution in [1.29, 1.82) is 0 Å². The van der Waals surface area contributed by atoms with Gasteiger partial charge in [0.2, 0.25) is 0 Å². The van der Waals surface area contributed by atoms with Gasteiger partial charge in [-0.05, 0) is 24.3 Å². The molecule has 0 amide bonds. The van der Waals surface area contributed by atoms with Crippen molar-refractivity contribution in [2.75, 3.05) is 0 Å². The van der Waals surface area contributed by atoms with Crippen molar-refractivity contribution in [2.45, 2.75) is 0 Å². The number of rotatable bonds is 4. The zero-order valence-electron chi connectivity index (χ0n) is 8.28. The van der Waals surface area contributed by atoms with Crippen LogP contribution in [-0.4, -0.2) is 72.8 Å². The van der Waals surface area contributed by atoms with E-state index >= 15 is 0 Å². The smallest absolute Gasteiger partial charge is 0.0643 e. The molecule has 0 aliphatic carbocycles. The molecule has 0 aliphatic heterocycles. The van der Waals surface area contributed by atoms with Crippen molar-refractivity contribution < 1.29 is 39.6 Å². The minimum Gasteiger partial charge on any atom is -0.545 e. The van der Waals surface area contributed by atoms with E-state index in [0.29, 0.717) is 24.3 Å². The van der Waals surface area contributed by atoms with Gasteiger partial charge in [0.15, 0.2) is 0 Å². The molecule has 0 aliphatic rings. The summed E-state index contributed by atoms with van der Waals surface area (Å²) in [7, 11) is 0. The average molecular weight is 365 g/mol. The Morgan fingerprint density at radius 2 is 0.647 bits per heavy atom. The van der Waals surface area contributed by atoms with Crippen molar-refractivity contribution in [3.05, 3.63) is 24.3 Å². The summed E-state index contributed by atoms with van der Waals surface area (Å²) in [5.74, 6) is -6.19. The predicted octanol–water partition coefficient (Wildman–Crippen LogP) is -6.30. The average Bonchev–Trinajstić information content (AvgIpc) is 2.12. The minimum absolute atomic E-state index is 0. The van der Waals surface area contributed by atoms with E-state index in [9.17, 15) is 39.6 Å². The van der Waals surface area contributed by atoms with Gasteiger partial charge in [0.1, 0.15) is 0 Å². The van der Waals surface area contributed by atoms with Crippen molar-refractivity contribution in [1.82, 2.24) is 0 Å². The van der Waals surface area contributed by atoms with Gasteiger partial charge in [0, 0.05) is 48.9 Å². The summed E-state index contributed by atoms with van der Waals surface area (Å²) < 4.78 is 0. The van der Waals surface area contributed by atoms with Crippen LogP contribution in [0.15, 0.2) is 24.3 Å². The number of carbonyl (C=O) groups is 4. The Hall–Kier alpha value is -1.07. The molecule has 0 heterocycles. The largest absolute Gasteiger partial charge is 0.545 e. The van der Waals surface area contributed by atoms with Crippen LogP contribution >= 0.6 is 0 Å². The molecule has 17 heavy (non-hydrogen) atoms. The zero-order chi connectivity index (χ0) is 13.1. The predicted molar refractivity (Wildman–Crippen MR) is 44.1 cm³/mol. The van der Waals surface area contributed by atoms with Crippen LogP contribution in [0.1, 0.15) is 0 Å². The Balaban J connectivity index is -0.000000218. The standard InChI is InChI=1S/2C4H4O4.Ba/c2*5-3(6)1-2-4(7)8;/h2*1-2H,(H,5,6)(H,7,8);/p-4/b2*2-1-;. The topological polar surface area (TPSA) is 161 Å². The summed E-state index contributed by atoms with van der Waals surface area (Å²) >= 11 is 0. The van der Waals surface area contributed by atoms with Crippen molar-refractivity contribution in [3.8, 4) is 0 Å². The van der Waals surface area contributed by atoms with Gasteiger partial charge < -0.3 is 39.6 Å². The quantitative estimate of drug-likeness (QED) is 0.351. The van der Waals surface area contributed by atoms with E-state index in [0.717, 1.165) is 0 Å². The van der Waals surface area contributed by atoms with Crippen LogP contribution in [0.3, 0.4) is 0 Å².